The molecule has 186 valence electrons. The molecule has 3 heterocycles. The Morgan fingerprint density at radius 2 is 1.70 bits per heavy atom. The molecule has 1 amide bonds. The molecule has 37 heavy (non-hydrogen) atoms. The Bertz CT molecular complexity index is 1750. The molecule has 1 unspecified atom stereocenters. The van der Waals surface area contributed by atoms with E-state index in [1.54, 1.807) is 54.6 Å². The number of benzene rings is 3. The molecular formula is C27H19ClN2O6S. The number of para-hydroxylation sites is 1. The summed E-state index contributed by atoms with van der Waals surface area (Å²) in [6.07, 6.45) is 0. The maximum absolute atomic E-state index is 13.9. The van der Waals surface area contributed by atoms with E-state index >= 15 is 0 Å². The minimum Gasteiger partial charge on any atom is -0.493 e. The van der Waals surface area contributed by atoms with Crippen LogP contribution in [0.1, 0.15) is 27.7 Å². The third kappa shape index (κ3) is 3.53. The molecule has 6 rings (SSSR count). The van der Waals surface area contributed by atoms with Crippen molar-refractivity contribution in [2.24, 2.45) is 0 Å². The number of fused-ring (bicyclic) bond motifs is 3. The molecule has 0 saturated carbocycles. The lowest BCUT2D eigenvalue weighted by Crippen LogP contribution is -2.29. The highest BCUT2D eigenvalue weighted by Gasteiger charge is 2.45. The van der Waals surface area contributed by atoms with Gasteiger partial charge in [0.25, 0.3) is 5.91 Å². The highest BCUT2D eigenvalue weighted by molar-refractivity contribution is 7.22. The molecule has 0 radical (unpaired) electrons. The lowest BCUT2D eigenvalue weighted by atomic mass is 9.98. The summed E-state index contributed by atoms with van der Waals surface area (Å²) in [7, 11) is 4.52. The van der Waals surface area contributed by atoms with Gasteiger partial charge in [-0.3, -0.25) is 14.5 Å². The second-order valence-electron chi connectivity index (χ2n) is 8.31. The van der Waals surface area contributed by atoms with Crippen molar-refractivity contribution in [1.29, 1.82) is 0 Å². The van der Waals surface area contributed by atoms with Crippen LogP contribution < -0.4 is 24.5 Å². The molecule has 0 bridgehead atoms. The van der Waals surface area contributed by atoms with Crippen molar-refractivity contribution in [2.75, 3.05) is 26.2 Å². The number of nitrogens with zero attached hydrogens (tertiary/aromatic N) is 2. The summed E-state index contributed by atoms with van der Waals surface area (Å²) < 4.78 is 23.4. The molecule has 0 spiro atoms. The summed E-state index contributed by atoms with van der Waals surface area (Å²) in [5, 5.41) is 1.34. The molecule has 8 nitrogen and oxygen atoms in total. The fraction of sp³-hybridized carbons (Fsp3) is 0.148. The third-order valence-electron chi connectivity index (χ3n) is 6.33. The monoisotopic (exact) mass is 534 g/mol. The van der Waals surface area contributed by atoms with Crippen LogP contribution in [0.5, 0.6) is 17.2 Å². The fourth-order valence-corrected chi connectivity index (χ4v) is 5.95. The number of halogens is 1. The van der Waals surface area contributed by atoms with Gasteiger partial charge in [-0.05, 0) is 48.0 Å². The molecule has 10 heteroatoms. The fourth-order valence-electron chi connectivity index (χ4n) is 4.68. The van der Waals surface area contributed by atoms with Crippen LogP contribution in [0.3, 0.4) is 0 Å². The van der Waals surface area contributed by atoms with Crippen LogP contribution in [-0.4, -0.2) is 32.2 Å². The summed E-state index contributed by atoms with van der Waals surface area (Å²) in [6.45, 7) is 0. The van der Waals surface area contributed by atoms with Gasteiger partial charge in [-0.2, -0.15) is 0 Å². The Kier molecular flexibility index (Phi) is 5.54. The van der Waals surface area contributed by atoms with Crippen molar-refractivity contribution in [2.45, 2.75) is 6.04 Å². The lowest BCUT2D eigenvalue weighted by Gasteiger charge is -2.24. The molecular weight excluding hydrogens is 516 g/mol. The van der Waals surface area contributed by atoms with E-state index in [0.717, 1.165) is 4.70 Å². The van der Waals surface area contributed by atoms with Crippen LogP contribution in [0.15, 0.2) is 63.8 Å². The van der Waals surface area contributed by atoms with E-state index in [4.69, 9.17) is 35.2 Å². The van der Waals surface area contributed by atoms with Crippen LogP contribution in [0.2, 0.25) is 5.02 Å². The van der Waals surface area contributed by atoms with Gasteiger partial charge < -0.3 is 18.6 Å². The quantitative estimate of drug-likeness (QED) is 0.280. The van der Waals surface area contributed by atoms with Crippen LogP contribution in [0, 0.1) is 0 Å². The molecule has 0 N–H and O–H groups in total. The van der Waals surface area contributed by atoms with Crippen LogP contribution in [-0.2, 0) is 0 Å². The first-order chi connectivity index (χ1) is 17.9. The van der Waals surface area contributed by atoms with Crippen LogP contribution in [0.25, 0.3) is 21.2 Å². The number of hydrogen-bond donors (Lipinski definition) is 0. The van der Waals surface area contributed by atoms with Gasteiger partial charge >= 0.3 is 0 Å². The minimum absolute atomic E-state index is 0.0280. The van der Waals surface area contributed by atoms with Crippen molar-refractivity contribution in [3.8, 4) is 17.2 Å². The molecule has 1 aliphatic heterocycles. The van der Waals surface area contributed by atoms with E-state index in [9.17, 15) is 9.59 Å². The zero-order valence-corrected chi connectivity index (χ0v) is 21.5. The number of carbonyl (C=O) groups excluding carboxylic acids is 1. The number of amides is 1. The van der Waals surface area contributed by atoms with Gasteiger partial charge in [0.05, 0.1) is 48.5 Å². The number of hydrogen-bond acceptors (Lipinski definition) is 8. The third-order valence-corrected chi connectivity index (χ3v) is 7.58. The van der Waals surface area contributed by atoms with E-state index in [-0.39, 0.29) is 16.8 Å². The topological polar surface area (TPSA) is 91.1 Å². The SMILES string of the molecule is COc1cc(C2c3c(oc4ccccc4c3=O)C(=O)N2c2nc3ccc(Cl)cc3s2)cc(OC)c1OC. The van der Waals surface area contributed by atoms with Crippen LogP contribution in [0.4, 0.5) is 5.13 Å². The average molecular weight is 535 g/mol. The number of rotatable bonds is 5. The summed E-state index contributed by atoms with van der Waals surface area (Å²) in [5.41, 5.74) is 1.51. The average Bonchev–Trinajstić information content (AvgIpc) is 3.45. The molecule has 0 saturated heterocycles. The van der Waals surface area contributed by atoms with Crippen molar-refractivity contribution >= 4 is 55.2 Å². The van der Waals surface area contributed by atoms with E-state index in [1.807, 2.05) is 0 Å². The number of methoxy groups -OCH3 is 3. The molecule has 1 atom stereocenters. The number of ether oxygens (including phenoxy) is 3. The van der Waals surface area contributed by atoms with Gasteiger partial charge in [-0.15, -0.1) is 0 Å². The Morgan fingerprint density at radius 3 is 2.41 bits per heavy atom. The summed E-state index contributed by atoms with van der Waals surface area (Å²) in [5.74, 6) is 0.671. The minimum atomic E-state index is -0.854. The number of thiazole rings is 1. The first kappa shape index (κ1) is 23.3. The van der Waals surface area contributed by atoms with Crippen molar-refractivity contribution in [1.82, 2.24) is 4.98 Å². The van der Waals surface area contributed by atoms with Gasteiger partial charge in [0.15, 0.2) is 22.1 Å². The Labute approximate surface area is 219 Å². The van der Waals surface area contributed by atoms with Crippen molar-refractivity contribution < 1.29 is 23.4 Å². The van der Waals surface area contributed by atoms with Crippen molar-refractivity contribution in [3.63, 3.8) is 0 Å². The van der Waals surface area contributed by atoms with Gasteiger partial charge in [0.2, 0.25) is 11.5 Å². The Balaban J connectivity index is 1.66. The van der Waals surface area contributed by atoms with E-state index in [2.05, 4.69) is 0 Å². The molecule has 2 aromatic heterocycles. The largest absolute Gasteiger partial charge is 0.493 e. The standard InChI is InChI=1S/C27H19ClN2O6S/c1-33-18-10-13(11-19(34-2)24(18)35-3)22-21-23(31)15-6-4-5-7-17(15)36-25(21)26(32)30(22)27-29-16-9-8-14(28)12-20(16)37-27/h4-12,22H,1-3H3. The molecule has 0 fully saturated rings. The molecule has 1 aliphatic rings. The predicted molar refractivity (Wildman–Crippen MR) is 142 cm³/mol. The Morgan fingerprint density at radius 1 is 0.973 bits per heavy atom. The predicted octanol–water partition coefficient (Wildman–Crippen LogP) is 5.83. The highest BCUT2D eigenvalue weighted by Crippen LogP contribution is 2.47. The maximum atomic E-state index is 13.9. The number of anilines is 1. The van der Waals surface area contributed by atoms with Crippen molar-refractivity contribution in [3.05, 3.63) is 86.7 Å². The van der Waals surface area contributed by atoms with Gasteiger partial charge in [0.1, 0.15) is 5.58 Å². The van der Waals surface area contributed by atoms with E-state index in [1.165, 1.54) is 37.6 Å². The first-order valence-electron chi connectivity index (χ1n) is 11.2. The van der Waals surface area contributed by atoms with Gasteiger partial charge in [-0.1, -0.05) is 35.1 Å². The molecule has 0 aliphatic carbocycles. The zero-order valence-electron chi connectivity index (χ0n) is 19.9. The van der Waals surface area contributed by atoms with Gasteiger partial charge in [0, 0.05) is 5.02 Å². The first-order valence-corrected chi connectivity index (χ1v) is 12.4. The summed E-state index contributed by atoms with van der Waals surface area (Å²) in [6, 6.07) is 14.8. The van der Waals surface area contributed by atoms with Gasteiger partial charge in [-0.25, -0.2) is 4.98 Å². The summed E-state index contributed by atoms with van der Waals surface area (Å²) >= 11 is 7.49. The zero-order chi connectivity index (χ0) is 25.8. The number of aromatic nitrogens is 1. The Hall–Kier alpha value is -4.08. The molecule has 5 aromatic rings. The van der Waals surface area contributed by atoms with Crippen LogP contribution >= 0.6 is 22.9 Å². The lowest BCUT2D eigenvalue weighted by molar-refractivity contribution is 0.0971. The highest BCUT2D eigenvalue weighted by atomic mass is 35.5. The normalized spacial score (nSPS) is 14.9. The molecule has 3 aromatic carbocycles. The van der Waals surface area contributed by atoms with E-state index in [0.29, 0.717) is 49.5 Å². The van der Waals surface area contributed by atoms with E-state index < -0.39 is 11.9 Å². The smallest absolute Gasteiger partial charge is 0.297 e. The number of carbonyl (C=O) groups is 1. The summed E-state index contributed by atoms with van der Waals surface area (Å²) in [4.78, 5) is 33.9. The second-order valence-corrected chi connectivity index (χ2v) is 9.76. The second kappa shape index (κ2) is 8.79. The maximum Gasteiger partial charge on any atom is 0.297 e.